The van der Waals surface area contributed by atoms with Crippen molar-refractivity contribution in [1.29, 1.82) is 0 Å². The zero-order valence-electron chi connectivity index (χ0n) is 12.3. The van der Waals surface area contributed by atoms with Crippen LogP contribution in [-0.2, 0) is 17.2 Å². The van der Waals surface area contributed by atoms with Crippen LogP contribution in [0.25, 0.3) is 0 Å². The summed E-state index contributed by atoms with van der Waals surface area (Å²) in [6.07, 6.45) is 0.945. The summed E-state index contributed by atoms with van der Waals surface area (Å²) in [7, 11) is 0.469. The van der Waals surface area contributed by atoms with Crippen molar-refractivity contribution in [3.8, 4) is 0 Å². The van der Waals surface area contributed by atoms with E-state index in [4.69, 9.17) is 11.8 Å². The molecule has 108 valence electrons. The first-order valence-electron chi connectivity index (χ1n) is 7.39. The van der Waals surface area contributed by atoms with E-state index >= 15 is 0 Å². The fraction of sp³-hybridized carbons (Fsp3) is 0.100. The van der Waals surface area contributed by atoms with E-state index in [9.17, 15) is 0 Å². The van der Waals surface area contributed by atoms with E-state index in [-0.39, 0.29) is 5.41 Å². The Kier molecular flexibility index (Phi) is 4.77. The molecule has 0 saturated carbocycles. The highest BCUT2D eigenvalue weighted by Crippen LogP contribution is 2.41. The smallest absolute Gasteiger partial charge is 0.0622 e. The normalized spacial score (nSPS) is 11.5. The molecule has 0 spiro atoms. The third-order valence-corrected chi connectivity index (χ3v) is 5.24. The Morgan fingerprint density at radius 3 is 1.18 bits per heavy atom. The van der Waals surface area contributed by atoms with Crippen LogP contribution < -0.4 is 0 Å². The Bertz CT molecular complexity index is 627. The Hall–Kier alpha value is -1.82. The molecule has 0 amide bonds. The maximum absolute atomic E-state index is 5.43. The summed E-state index contributed by atoms with van der Waals surface area (Å²) >= 11 is 5.43. The predicted molar refractivity (Wildman–Crippen MR) is 99.8 cm³/mol. The Labute approximate surface area is 138 Å². The van der Waals surface area contributed by atoms with Gasteiger partial charge in [0, 0.05) is 0 Å². The van der Waals surface area contributed by atoms with Gasteiger partial charge in [0.25, 0.3) is 0 Å². The number of hydrogen-bond acceptors (Lipinski definition) is 1. The van der Waals surface area contributed by atoms with Crippen molar-refractivity contribution in [2.45, 2.75) is 5.41 Å². The summed E-state index contributed by atoms with van der Waals surface area (Å²) in [5.41, 5.74) is 3.77. The summed E-state index contributed by atoms with van der Waals surface area (Å²) in [5, 5.41) is 0. The highest BCUT2D eigenvalue weighted by molar-refractivity contribution is 7.96. The maximum Gasteiger partial charge on any atom is 0.162 e. The maximum atomic E-state index is 5.43. The Morgan fingerprint density at radius 2 is 0.909 bits per heavy atom. The van der Waals surface area contributed by atoms with Crippen LogP contribution in [0.1, 0.15) is 16.7 Å². The first-order chi connectivity index (χ1) is 10.9. The van der Waals surface area contributed by atoms with Gasteiger partial charge in [0.1, 0.15) is 6.16 Å². The Balaban J connectivity index is 2.31. The molecule has 1 atom stereocenters. The van der Waals surface area contributed by atoms with Crippen LogP contribution in [0.4, 0.5) is 0 Å². The molecule has 0 aliphatic carbocycles. The molecule has 0 aliphatic rings. The van der Waals surface area contributed by atoms with Crippen molar-refractivity contribution in [1.82, 2.24) is 0 Å². The summed E-state index contributed by atoms with van der Waals surface area (Å²) in [4.78, 5) is 0. The van der Waals surface area contributed by atoms with Crippen molar-refractivity contribution in [2.24, 2.45) is 0 Å². The average molecular weight is 321 g/mol. The molecule has 0 saturated heterocycles. The van der Waals surface area contributed by atoms with Gasteiger partial charge in [-0.3, -0.25) is 0 Å². The molecule has 0 aliphatic heterocycles. The Morgan fingerprint density at radius 1 is 0.591 bits per heavy atom. The fourth-order valence-electron chi connectivity index (χ4n) is 3.08. The molecule has 3 aromatic carbocycles. The highest BCUT2D eigenvalue weighted by Gasteiger charge is 2.38. The number of hydrogen-bond donors (Lipinski definition) is 0. The van der Waals surface area contributed by atoms with Gasteiger partial charge in [-0.1, -0.05) is 91.0 Å². The first kappa shape index (κ1) is 15.1. The molecule has 2 heteroatoms. The van der Waals surface area contributed by atoms with Crippen LogP contribution in [0.3, 0.4) is 0 Å². The highest BCUT2D eigenvalue weighted by atomic mass is 32.4. The molecule has 3 aromatic rings. The van der Waals surface area contributed by atoms with E-state index in [2.05, 4.69) is 91.0 Å². The standard InChI is InChI=1S/C20H17PS/c22-21-16-20(17-10-4-1-5-11-17,18-12-6-2-7-13-18)19-14-8-3-9-15-19/h1-15H,16H2/p+1. The van der Waals surface area contributed by atoms with Crippen LogP contribution in [-0.4, -0.2) is 6.16 Å². The first-order valence-corrected chi connectivity index (χ1v) is 9.73. The topological polar surface area (TPSA) is 0 Å². The molecular formula is C20H18PS+. The lowest BCUT2D eigenvalue weighted by molar-refractivity contribution is 0.705. The van der Waals surface area contributed by atoms with Gasteiger partial charge in [-0.2, -0.15) is 0 Å². The molecule has 0 fully saturated rings. The van der Waals surface area contributed by atoms with Crippen LogP contribution in [0, 0.1) is 0 Å². The molecule has 22 heavy (non-hydrogen) atoms. The van der Waals surface area contributed by atoms with Gasteiger partial charge in [-0.05, 0) is 16.7 Å². The number of rotatable bonds is 5. The van der Waals surface area contributed by atoms with Gasteiger partial charge in [0.2, 0.25) is 0 Å². The van der Waals surface area contributed by atoms with Crippen LogP contribution >= 0.6 is 7.36 Å². The zero-order chi connectivity index (χ0) is 15.3. The van der Waals surface area contributed by atoms with Crippen molar-refractivity contribution in [3.63, 3.8) is 0 Å². The van der Waals surface area contributed by atoms with Gasteiger partial charge in [-0.15, -0.1) is 0 Å². The lowest BCUT2D eigenvalue weighted by Gasteiger charge is -2.32. The van der Waals surface area contributed by atoms with Crippen LogP contribution in [0.15, 0.2) is 91.0 Å². The van der Waals surface area contributed by atoms with Crippen LogP contribution in [0.2, 0.25) is 0 Å². The van der Waals surface area contributed by atoms with Crippen LogP contribution in [0.5, 0.6) is 0 Å². The lowest BCUT2D eigenvalue weighted by Crippen LogP contribution is -2.31. The zero-order valence-corrected chi connectivity index (χ0v) is 14.1. The monoisotopic (exact) mass is 321 g/mol. The minimum absolute atomic E-state index is 0.163. The van der Waals surface area contributed by atoms with E-state index in [0.29, 0.717) is 7.36 Å². The van der Waals surface area contributed by atoms with E-state index in [0.717, 1.165) is 6.16 Å². The summed E-state index contributed by atoms with van der Waals surface area (Å²) in [5.74, 6) is 0. The summed E-state index contributed by atoms with van der Waals surface area (Å²) in [6, 6.07) is 32.2. The fourth-order valence-corrected chi connectivity index (χ4v) is 4.56. The quantitative estimate of drug-likeness (QED) is 0.462. The third-order valence-electron chi connectivity index (χ3n) is 4.14. The summed E-state index contributed by atoms with van der Waals surface area (Å²) in [6.45, 7) is 0. The molecule has 0 nitrogen and oxygen atoms in total. The summed E-state index contributed by atoms with van der Waals surface area (Å²) < 4.78 is 0. The predicted octanol–water partition coefficient (Wildman–Crippen LogP) is 5.16. The van der Waals surface area contributed by atoms with E-state index in [1.165, 1.54) is 16.7 Å². The van der Waals surface area contributed by atoms with E-state index < -0.39 is 0 Å². The van der Waals surface area contributed by atoms with Crippen molar-refractivity contribution in [3.05, 3.63) is 108 Å². The molecule has 1 unspecified atom stereocenters. The van der Waals surface area contributed by atoms with E-state index in [1.807, 2.05) is 0 Å². The minimum atomic E-state index is -0.163. The lowest BCUT2D eigenvalue weighted by atomic mass is 9.71. The molecular weight excluding hydrogens is 303 g/mol. The number of benzene rings is 3. The largest absolute Gasteiger partial charge is 0.162 e. The molecule has 0 heterocycles. The van der Waals surface area contributed by atoms with E-state index in [1.54, 1.807) is 0 Å². The van der Waals surface area contributed by atoms with Gasteiger partial charge in [0.15, 0.2) is 19.2 Å². The van der Waals surface area contributed by atoms with Gasteiger partial charge < -0.3 is 0 Å². The van der Waals surface area contributed by atoms with Gasteiger partial charge in [0.05, 0.1) is 5.41 Å². The van der Waals surface area contributed by atoms with Crippen molar-refractivity contribution in [2.75, 3.05) is 6.16 Å². The molecule has 0 bridgehead atoms. The molecule has 0 aromatic heterocycles. The minimum Gasteiger partial charge on any atom is -0.0622 e. The second kappa shape index (κ2) is 6.96. The molecule has 0 radical (unpaired) electrons. The van der Waals surface area contributed by atoms with Gasteiger partial charge in [-0.25, -0.2) is 0 Å². The van der Waals surface area contributed by atoms with Crippen molar-refractivity contribution >= 4 is 19.2 Å². The second-order valence-corrected chi connectivity index (χ2v) is 6.83. The SMILES string of the molecule is S=[PH+]CC(c1ccccc1)(c1ccccc1)c1ccccc1. The molecule has 0 N–H and O–H groups in total. The molecule has 3 rings (SSSR count). The van der Waals surface area contributed by atoms with Gasteiger partial charge >= 0.3 is 0 Å². The average Bonchev–Trinajstić information content (AvgIpc) is 2.62. The van der Waals surface area contributed by atoms with Crippen molar-refractivity contribution < 1.29 is 0 Å². The third kappa shape index (κ3) is 2.75. The second-order valence-electron chi connectivity index (χ2n) is 5.32.